The second-order valence-electron chi connectivity index (χ2n) is 8.19. The first kappa shape index (κ1) is 25.7. The number of ether oxygens (including phenoxy) is 2. The number of thiazole rings is 1. The van der Waals surface area contributed by atoms with Crippen molar-refractivity contribution in [3.05, 3.63) is 64.8 Å². The van der Waals surface area contributed by atoms with Gasteiger partial charge in [0.25, 0.3) is 0 Å². The number of carbonyl (C=O) groups excluding carboxylic acids is 1. The zero-order valence-corrected chi connectivity index (χ0v) is 22.6. The summed E-state index contributed by atoms with van der Waals surface area (Å²) in [6.45, 7) is 8.77. The maximum atomic E-state index is 12.6. The summed E-state index contributed by atoms with van der Waals surface area (Å²) in [5, 5.41) is 14.7. The van der Waals surface area contributed by atoms with E-state index in [0.29, 0.717) is 28.4 Å². The van der Waals surface area contributed by atoms with E-state index >= 15 is 0 Å². The third-order valence-electron chi connectivity index (χ3n) is 5.68. The Morgan fingerprint density at radius 2 is 1.86 bits per heavy atom. The van der Waals surface area contributed by atoms with Crippen LogP contribution in [0.5, 0.6) is 11.5 Å². The zero-order chi connectivity index (χ0) is 25.7. The van der Waals surface area contributed by atoms with E-state index in [-0.39, 0.29) is 17.8 Å². The number of methoxy groups -OCH3 is 1. The van der Waals surface area contributed by atoms with E-state index in [2.05, 4.69) is 46.5 Å². The molecule has 0 saturated carbocycles. The van der Waals surface area contributed by atoms with Crippen molar-refractivity contribution in [2.75, 3.05) is 18.2 Å². The molecule has 36 heavy (non-hydrogen) atoms. The van der Waals surface area contributed by atoms with Crippen LogP contribution >= 0.6 is 23.1 Å². The number of carbonyl (C=O) groups is 1. The standard InChI is InChI=1S/C26H29N5O3S2/c1-6-31-24(18(4)34-21-11-9-20(33-5)10-12-21)29-30-26(31)36-15-23(32)28-25-27-22(14-35-25)19-8-7-16(2)17(3)13-19/h7-14,18H,6,15H2,1-5H3,(H,27,28,32). The molecule has 1 amide bonds. The van der Waals surface area contributed by atoms with E-state index in [9.17, 15) is 4.79 Å². The van der Waals surface area contributed by atoms with Crippen molar-refractivity contribution < 1.29 is 14.3 Å². The van der Waals surface area contributed by atoms with Crippen LogP contribution in [0.1, 0.15) is 36.9 Å². The fraction of sp³-hybridized carbons (Fsp3) is 0.308. The maximum Gasteiger partial charge on any atom is 0.236 e. The number of aryl methyl sites for hydroxylation is 2. The Labute approximate surface area is 219 Å². The van der Waals surface area contributed by atoms with Gasteiger partial charge in [-0.25, -0.2) is 4.98 Å². The molecule has 0 spiro atoms. The van der Waals surface area contributed by atoms with Crippen LogP contribution in [0.25, 0.3) is 11.3 Å². The largest absolute Gasteiger partial charge is 0.497 e. The van der Waals surface area contributed by atoms with E-state index in [0.717, 1.165) is 17.0 Å². The number of hydrogen-bond donors (Lipinski definition) is 1. The van der Waals surface area contributed by atoms with Crippen molar-refractivity contribution in [1.29, 1.82) is 0 Å². The topological polar surface area (TPSA) is 91.2 Å². The van der Waals surface area contributed by atoms with Crippen LogP contribution in [-0.2, 0) is 11.3 Å². The Balaban J connectivity index is 1.35. The van der Waals surface area contributed by atoms with Crippen LogP contribution in [-0.4, -0.2) is 38.5 Å². The second-order valence-corrected chi connectivity index (χ2v) is 10.00. The Morgan fingerprint density at radius 1 is 1.11 bits per heavy atom. The van der Waals surface area contributed by atoms with E-state index in [1.54, 1.807) is 7.11 Å². The smallest absolute Gasteiger partial charge is 0.236 e. The lowest BCUT2D eigenvalue weighted by atomic mass is 10.1. The summed E-state index contributed by atoms with van der Waals surface area (Å²) in [6, 6.07) is 13.6. The van der Waals surface area contributed by atoms with Crippen molar-refractivity contribution in [2.45, 2.75) is 45.5 Å². The van der Waals surface area contributed by atoms with Gasteiger partial charge in [0.15, 0.2) is 22.2 Å². The van der Waals surface area contributed by atoms with Gasteiger partial charge in [-0.05, 0) is 69.2 Å². The number of aromatic nitrogens is 4. The summed E-state index contributed by atoms with van der Waals surface area (Å²) in [5.74, 6) is 2.24. The van der Waals surface area contributed by atoms with Crippen LogP contribution in [0.15, 0.2) is 53.0 Å². The van der Waals surface area contributed by atoms with Crippen molar-refractivity contribution in [3.63, 3.8) is 0 Å². The van der Waals surface area contributed by atoms with Crippen LogP contribution in [0.2, 0.25) is 0 Å². The van der Waals surface area contributed by atoms with E-state index in [1.165, 1.54) is 34.2 Å². The summed E-state index contributed by atoms with van der Waals surface area (Å²) in [5.41, 5.74) is 4.35. The number of rotatable bonds is 10. The summed E-state index contributed by atoms with van der Waals surface area (Å²) < 4.78 is 13.2. The molecule has 0 aliphatic heterocycles. The fourth-order valence-electron chi connectivity index (χ4n) is 3.57. The molecule has 10 heteroatoms. The highest BCUT2D eigenvalue weighted by atomic mass is 32.2. The molecule has 1 unspecified atom stereocenters. The number of nitrogens with one attached hydrogen (secondary N) is 1. The first-order chi connectivity index (χ1) is 17.4. The molecule has 4 rings (SSSR count). The highest BCUT2D eigenvalue weighted by molar-refractivity contribution is 7.99. The number of hydrogen-bond acceptors (Lipinski definition) is 8. The average molecular weight is 524 g/mol. The van der Waals surface area contributed by atoms with Gasteiger partial charge in [0.05, 0.1) is 18.6 Å². The molecule has 0 fully saturated rings. The minimum absolute atomic E-state index is 0.143. The molecule has 0 aliphatic carbocycles. The zero-order valence-electron chi connectivity index (χ0n) is 20.9. The van der Waals surface area contributed by atoms with Crippen molar-refractivity contribution >= 4 is 34.1 Å². The van der Waals surface area contributed by atoms with Crippen LogP contribution in [0.3, 0.4) is 0 Å². The lowest BCUT2D eigenvalue weighted by Gasteiger charge is -2.15. The summed E-state index contributed by atoms with van der Waals surface area (Å²) >= 11 is 2.75. The molecule has 1 N–H and O–H groups in total. The molecule has 0 aliphatic rings. The van der Waals surface area contributed by atoms with Gasteiger partial charge in [0, 0.05) is 17.5 Å². The van der Waals surface area contributed by atoms with Crippen LogP contribution in [0.4, 0.5) is 5.13 Å². The predicted molar refractivity (Wildman–Crippen MR) is 144 cm³/mol. The normalized spacial score (nSPS) is 11.8. The predicted octanol–water partition coefficient (Wildman–Crippen LogP) is 5.92. The molecule has 8 nitrogen and oxygen atoms in total. The number of nitrogens with zero attached hydrogens (tertiary/aromatic N) is 4. The molecule has 0 saturated heterocycles. The maximum absolute atomic E-state index is 12.6. The molecule has 1 atom stereocenters. The van der Waals surface area contributed by atoms with E-state index in [1.807, 2.05) is 54.1 Å². The highest BCUT2D eigenvalue weighted by Crippen LogP contribution is 2.28. The van der Waals surface area contributed by atoms with Gasteiger partial charge < -0.3 is 19.4 Å². The second kappa shape index (κ2) is 11.6. The molecule has 4 aromatic rings. The molecular formula is C26H29N5O3S2. The van der Waals surface area contributed by atoms with Gasteiger partial charge in [-0.3, -0.25) is 4.79 Å². The van der Waals surface area contributed by atoms with E-state index < -0.39 is 0 Å². The van der Waals surface area contributed by atoms with Gasteiger partial charge in [-0.2, -0.15) is 0 Å². The molecule has 0 radical (unpaired) electrons. The summed E-state index contributed by atoms with van der Waals surface area (Å²) in [7, 11) is 1.63. The van der Waals surface area contributed by atoms with Crippen LogP contribution in [0, 0.1) is 13.8 Å². The molecule has 2 heterocycles. The highest BCUT2D eigenvalue weighted by Gasteiger charge is 2.20. The van der Waals surface area contributed by atoms with Crippen molar-refractivity contribution in [3.8, 4) is 22.8 Å². The molecular weight excluding hydrogens is 494 g/mol. The van der Waals surface area contributed by atoms with Crippen molar-refractivity contribution in [2.24, 2.45) is 0 Å². The molecule has 2 aromatic carbocycles. The minimum Gasteiger partial charge on any atom is -0.497 e. The Morgan fingerprint density at radius 3 is 2.56 bits per heavy atom. The third kappa shape index (κ3) is 6.06. The van der Waals surface area contributed by atoms with Gasteiger partial charge >= 0.3 is 0 Å². The summed E-state index contributed by atoms with van der Waals surface area (Å²) in [6.07, 6.45) is -0.312. The SMILES string of the molecule is CCn1c(SCC(=O)Nc2nc(-c3ccc(C)c(C)c3)cs2)nnc1C(C)Oc1ccc(OC)cc1. The number of benzene rings is 2. The Hall–Kier alpha value is -3.37. The Kier molecular flexibility index (Phi) is 8.27. The summed E-state index contributed by atoms with van der Waals surface area (Å²) in [4.78, 5) is 17.2. The van der Waals surface area contributed by atoms with Crippen LogP contribution < -0.4 is 14.8 Å². The number of amides is 1. The van der Waals surface area contributed by atoms with Crippen molar-refractivity contribution in [1.82, 2.24) is 19.7 Å². The molecule has 0 bridgehead atoms. The Bertz CT molecular complexity index is 1330. The fourth-order valence-corrected chi connectivity index (χ4v) is 5.11. The van der Waals surface area contributed by atoms with Gasteiger partial charge in [0.2, 0.25) is 5.91 Å². The first-order valence-electron chi connectivity index (χ1n) is 11.6. The van der Waals surface area contributed by atoms with Gasteiger partial charge in [0.1, 0.15) is 11.5 Å². The lowest BCUT2D eigenvalue weighted by Crippen LogP contribution is -2.15. The first-order valence-corrected chi connectivity index (χ1v) is 13.4. The van der Waals surface area contributed by atoms with E-state index in [4.69, 9.17) is 9.47 Å². The molecule has 188 valence electrons. The van der Waals surface area contributed by atoms with Gasteiger partial charge in [-0.15, -0.1) is 21.5 Å². The average Bonchev–Trinajstić information content (AvgIpc) is 3.51. The molecule has 2 aromatic heterocycles. The number of thioether (sulfide) groups is 1. The van der Waals surface area contributed by atoms with Gasteiger partial charge in [-0.1, -0.05) is 23.9 Å². The quantitative estimate of drug-likeness (QED) is 0.258. The lowest BCUT2D eigenvalue weighted by molar-refractivity contribution is -0.113. The number of anilines is 1. The minimum atomic E-state index is -0.312. The third-order valence-corrected chi connectivity index (χ3v) is 7.41. The monoisotopic (exact) mass is 523 g/mol.